The van der Waals surface area contributed by atoms with Crippen LogP contribution in [0.15, 0.2) is 0 Å². The fourth-order valence-electron chi connectivity index (χ4n) is 1.50. The van der Waals surface area contributed by atoms with Crippen LogP contribution in [0.1, 0.15) is 47.0 Å². The second-order valence-electron chi connectivity index (χ2n) is 4.72. The van der Waals surface area contributed by atoms with E-state index in [0.29, 0.717) is 0 Å². The molecule has 0 aromatic rings. The lowest BCUT2D eigenvalue weighted by Crippen LogP contribution is -2.50. The number of carboxylic acids is 1. The standard InChI is InChI=1S/C12H24N2O3/c1-5-6-7-9(4)13-12(17)14-10(8(2)3)11(15)16/h8-10H,5-7H2,1-4H3,(H,15,16)(H2,13,14,17)/t9?,10-/m1/s1. The zero-order chi connectivity index (χ0) is 13.4. The first-order valence-electron chi connectivity index (χ1n) is 6.18. The summed E-state index contributed by atoms with van der Waals surface area (Å²) in [4.78, 5) is 22.4. The summed E-state index contributed by atoms with van der Waals surface area (Å²) in [6, 6.07) is -1.18. The van der Waals surface area contributed by atoms with Gasteiger partial charge in [-0.25, -0.2) is 9.59 Å². The maximum Gasteiger partial charge on any atom is 0.326 e. The highest BCUT2D eigenvalue weighted by atomic mass is 16.4. The number of rotatable bonds is 7. The average molecular weight is 244 g/mol. The molecule has 17 heavy (non-hydrogen) atoms. The predicted molar refractivity (Wildman–Crippen MR) is 66.9 cm³/mol. The van der Waals surface area contributed by atoms with Gasteiger partial charge in [0.25, 0.3) is 0 Å². The first-order chi connectivity index (χ1) is 7.88. The van der Waals surface area contributed by atoms with Crippen molar-refractivity contribution in [2.24, 2.45) is 5.92 Å². The number of carbonyl (C=O) groups excluding carboxylic acids is 1. The highest BCUT2D eigenvalue weighted by Gasteiger charge is 2.23. The van der Waals surface area contributed by atoms with Crippen LogP contribution in [0, 0.1) is 5.92 Å². The van der Waals surface area contributed by atoms with Gasteiger partial charge in [-0.1, -0.05) is 33.6 Å². The number of hydrogen-bond acceptors (Lipinski definition) is 2. The van der Waals surface area contributed by atoms with Gasteiger partial charge in [0, 0.05) is 6.04 Å². The minimum atomic E-state index is -1.00. The van der Waals surface area contributed by atoms with Gasteiger partial charge in [-0.15, -0.1) is 0 Å². The molecule has 0 aliphatic rings. The molecule has 0 saturated heterocycles. The van der Waals surface area contributed by atoms with Gasteiger partial charge in [0.1, 0.15) is 6.04 Å². The summed E-state index contributed by atoms with van der Waals surface area (Å²) in [6.07, 6.45) is 3.04. The number of hydrogen-bond donors (Lipinski definition) is 3. The van der Waals surface area contributed by atoms with Crippen LogP contribution in [-0.2, 0) is 4.79 Å². The summed E-state index contributed by atoms with van der Waals surface area (Å²) in [5.74, 6) is -1.14. The van der Waals surface area contributed by atoms with Crippen LogP contribution in [0.4, 0.5) is 4.79 Å². The molecular formula is C12H24N2O3. The van der Waals surface area contributed by atoms with Gasteiger partial charge >= 0.3 is 12.0 Å². The fourth-order valence-corrected chi connectivity index (χ4v) is 1.50. The molecule has 0 aromatic heterocycles. The van der Waals surface area contributed by atoms with Crippen molar-refractivity contribution in [3.05, 3.63) is 0 Å². The van der Waals surface area contributed by atoms with Crippen LogP contribution in [0.5, 0.6) is 0 Å². The fraction of sp³-hybridized carbons (Fsp3) is 0.833. The number of amides is 2. The third kappa shape index (κ3) is 6.81. The van der Waals surface area contributed by atoms with E-state index in [1.807, 2.05) is 6.92 Å². The van der Waals surface area contributed by atoms with E-state index >= 15 is 0 Å². The topological polar surface area (TPSA) is 78.4 Å². The van der Waals surface area contributed by atoms with E-state index in [4.69, 9.17) is 5.11 Å². The lowest BCUT2D eigenvalue weighted by Gasteiger charge is -2.20. The number of aliphatic carboxylic acids is 1. The summed E-state index contributed by atoms with van der Waals surface area (Å²) < 4.78 is 0. The summed E-state index contributed by atoms with van der Waals surface area (Å²) in [5.41, 5.74) is 0. The lowest BCUT2D eigenvalue weighted by molar-refractivity contribution is -0.140. The van der Waals surface area contributed by atoms with Gasteiger partial charge in [-0.2, -0.15) is 0 Å². The normalized spacial score (nSPS) is 14.2. The second-order valence-corrected chi connectivity index (χ2v) is 4.72. The predicted octanol–water partition coefficient (Wildman–Crippen LogP) is 1.97. The van der Waals surface area contributed by atoms with Crippen molar-refractivity contribution in [1.82, 2.24) is 10.6 Å². The molecular weight excluding hydrogens is 220 g/mol. The van der Waals surface area contributed by atoms with Gasteiger partial charge in [0.15, 0.2) is 0 Å². The highest BCUT2D eigenvalue weighted by Crippen LogP contribution is 2.02. The molecule has 3 N–H and O–H groups in total. The Labute approximate surface area is 103 Å². The minimum absolute atomic E-state index is 0.0663. The van der Waals surface area contributed by atoms with Gasteiger partial charge in [0.2, 0.25) is 0 Å². The summed E-state index contributed by atoms with van der Waals surface area (Å²) in [5, 5.41) is 14.1. The maximum atomic E-state index is 11.6. The number of carbonyl (C=O) groups is 2. The Morgan fingerprint density at radius 1 is 1.18 bits per heavy atom. The maximum absolute atomic E-state index is 11.6. The number of nitrogens with one attached hydrogen (secondary N) is 2. The van der Waals surface area contributed by atoms with Crippen molar-refractivity contribution in [3.8, 4) is 0 Å². The average Bonchev–Trinajstić information content (AvgIpc) is 2.22. The van der Waals surface area contributed by atoms with Crippen LogP contribution in [0.25, 0.3) is 0 Å². The van der Waals surface area contributed by atoms with Crippen LogP contribution in [0.3, 0.4) is 0 Å². The zero-order valence-corrected chi connectivity index (χ0v) is 11.1. The molecule has 2 atom stereocenters. The largest absolute Gasteiger partial charge is 0.480 e. The quantitative estimate of drug-likeness (QED) is 0.640. The summed E-state index contributed by atoms with van der Waals surface area (Å²) >= 11 is 0. The van der Waals surface area contributed by atoms with E-state index in [2.05, 4.69) is 17.6 Å². The van der Waals surface area contributed by atoms with Crippen molar-refractivity contribution >= 4 is 12.0 Å². The van der Waals surface area contributed by atoms with E-state index in [-0.39, 0.29) is 12.0 Å². The molecule has 0 rings (SSSR count). The Morgan fingerprint density at radius 2 is 1.76 bits per heavy atom. The minimum Gasteiger partial charge on any atom is -0.480 e. The molecule has 100 valence electrons. The molecule has 0 fully saturated rings. The lowest BCUT2D eigenvalue weighted by atomic mass is 10.1. The van der Waals surface area contributed by atoms with Crippen LogP contribution >= 0.6 is 0 Å². The molecule has 0 radical (unpaired) electrons. The molecule has 1 unspecified atom stereocenters. The Hall–Kier alpha value is -1.26. The molecule has 5 heteroatoms. The molecule has 0 aliphatic carbocycles. The molecule has 0 heterocycles. The Balaban J connectivity index is 4.10. The van der Waals surface area contributed by atoms with Gasteiger partial charge < -0.3 is 15.7 Å². The second kappa shape index (κ2) is 7.92. The first kappa shape index (κ1) is 15.7. The van der Waals surface area contributed by atoms with Gasteiger partial charge in [-0.3, -0.25) is 0 Å². The van der Waals surface area contributed by atoms with E-state index in [0.717, 1.165) is 19.3 Å². The SMILES string of the molecule is CCCCC(C)NC(=O)N[C@@H](C(=O)O)C(C)C. The Morgan fingerprint density at radius 3 is 2.18 bits per heavy atom. The molecule has 0 spiro atoms. The van der Waals surface area contributed by atoms with Crippen molar-refractivity contribution in [2.75, 3.05) is 0 Å². The van der Waals surface area contributed by atoms with Crippen LogP contribution in [-0.4, -0.2) is 29.2 Å². The third-order valence-corrected chi connectivity index (χ3v) is 2.59. The Kier molecular flexibility index (Phi) is 7.34. The van der Waals surface area contributed by atoms with Crippen LogP contribution < -0.4 is 10.6 Å². The van der Waals surface area contributed by atoms with E-state index in [1.165, 1.54) is 0 Å². The number of urea groups is 1. The van der Waals surface area contributed by atoms with Crippen LogP contribution in [0.2, 0.25) is 0 Å². The molecule has 0 aromatic carbocycles. The van der Waals surface area contributed by atoms with Crippen molar-refractivity contribution in [1.29, 1.82) is 0 Å². The first-order valence-corrected chi connectivity index (χ1v) is 6.18. The summed E-state index contributed by atoms with van der Waals surface area (Å²) in [7, 11) is 0. The Bertz CT molecular complexity index is 254. The van der Waals surface area contributed by atoms with E-state index in [9.17, 15) is 9.59 Å². The number of carboxylic acid groups (broad SMARTS) is 1. The zero-order valence-electron chi connectivity index (χ0n) is 11.1. The highest BCUT2D eigenvalue weighted by molar-refractivity contribution is 5.82. The van der Waals surface area contributed by atoms with E-state index in [1.54, 1.807) is 13.8 Å². The third-order valence-electron chi connectivity index (χ3n) is 2.59. The van der Waals surface area contributed by atoms with Gasteiger partial charge in [-0.05, 0) is 19.3 Å². The summed E-state index contributed by atoms with van der Waals surface area (Å²) in [6.45, 7) is 7.53. The van der Waals surface area contributed by atoms with Gasteiger partial charge in [0.05, 0.1) is 0 Å². The molecule has 0 aliphatic heterocycles. The van der Waals surface area contributed by atoms with E-state index < -0.39 is 18.0 Å². The van der Waals surface area contributed by atoms with Crippen molar-refractivity contribution in [2.45, 2.75) is 59.0 Å². The molecule has 5 nitrogen and oxygen atoms in total. The molecule has 2 amide bonds. The monoisotopic (exact) mass is 244 g/mol. The number of unbranched alkanes of at least 4 members (excludes halogenated alkanes) is 1. The van der Waals surface area contributed by atoms with Crippen molar-refractivity contribution in [3.63, 3.8) is 0 Å². The molecule has 0 bridgehead atoms. The molecule has 0 saturated carbocycles. The smallest absolute Gasteiger partial charge is 0.326 e. The van der Waals surface area contributed by atoms with Crippen molar-refractivity contribution < 1.29 is 14.7 Å².